The van der Waals surface area contributed by atoms with Gasteiger partial charge in [0.15, 0.2) is 0 Å². The van der Waals surface area contributed by atoms with Gasteiger partial charge in [0.2, 0.25) is 10.0 Å². The van der Waals surface area contributed by atoms with Crippen molar-refractivity contribution in [3.8, 4) is 0 Å². The molecule has 90 valence electrons. The second-order valence-corrected chi connectivity index (χ2v) is 6.06. The molecule has 1 atom stereocenters. The predicted octanol–water partition coefficient (Wildman–Crippen LogP) is -0.760. The summed E-state index contributed by atoms with van der Waals surface area (Å²) in [6.07, 6.45) is 1.78. The molecule has 1 aliphatic heterocycles. The maximum absolute atomic E-state index is 11.8. The number of sulfonamides is 1. The number of rotatable bonds is 5. The van der Waals surface area contributed by atoms with E-state index >= 15 is 0 Å². The largest absolute Gasteiger partial charge is 0.396 e. The van der Waals surface area contributed by atoms with Crippen LogP contribution in [0.4, 0.5) is 0 Å². The van der Waals surface area contributed by atoms with Crippen molar-refractivity contribution in [1.29, 1.82) is 0 Å². The molecule has 1 aliphatic rings. The Morgan fingerprint density at radius 1 is 1.53 bits per heavy atom. The van der Waals surface area contributed by atoms with Crippen molar-refractivity contribution < 1.29 is 13.5 Å². The van der Waals surface area contributed by atoms with E-state index in [9.17, 15) is 8.42 Å². The molecule has 0 aromatic heterocycles. The SMILES string of the molecule is CNCCS(=O)(=O)N1CCCC(CO)C1. The molecule has 1 rings (SSSR count). The maximum atomic E-state index is 11.8. The van der Waals surface area contributed by atoms with Gasteiger partial charge >= 0.3 is 0 Å². The highest BCUT2D eigenvalue weighted by Crippen LogP contribution is 2.18. The molecule has 6 heteroatoms. The summed E-state index contributed by atoms with van der Waals surface area (Å²) in [5.74, 6) is 0.255. The molecule has 0 spiro atoms. The van der Waals surface area contributed by atoms with Gasteiger partial charge in [0.1, 0.15) is 0 Å². The Bertz CT molecular complexity index is 279. The Labute approximate surface area is 91.5 Å². The second-order valence-electron chi connectivity index (χ2n) is 3.97. The molecule has 1 saturated heterocycles. The van der Waals surface area contributed by atoms with Crippen molar-refractivity contribution in [2.45, 2.75) is 12.8 Å². The average Bonchev–Trinajstić information content (AvgIpc) is 2.26. The number of aliphatic hydroxyl groups is 1. The van der Waals surface area contributed by atoms with Gasteiger partial charge in [-0.05, 0) is 25.8 Å². The Kier molecular flexibility index (Phi) is 4.98. The molecular formula is C9H20N2O3S. The third kappa shape index (κ3) is 3.71. The quantitative estimate of drug-likeness (QED) is 0.658. The van der Waals surface area contributed by atoms with Gasteiger partial charge in [0, 0.05) is 26.2 Å². The van der Waals surface area contributed by atoms with Gasteiger partial charge < -0.3 is 10.4 Å². The van der Waals surface area contributed by atoms with Gasteiger partial charge in [0.25, 0.3) is 0 Å². The first-order chi connectivity index (χ1) is 7.10. The number of nitrogens with one attached hydrogen (secondary N) is 1. The minimum absolute atomic E-state index is 0.0814. The van der Waals surface area contributed by atoms with E-state index in [1.54, 1.807) is 7.05 Å². The Hall–Kier alpha value is -0.170. The molecule has 0 saturated carbocycles. The zero-order chi connectivity index (χ0) is 11.3. The number of aliphatic hydroxyl groups excluding tert-OH is 1. The van der Waals surface area contributed by atoms with Crippen LogP contribution in [0.25, 0.3) is 0 Å². The Balaban J connectivity index is 2.54. The summed E-state index contributed by atoms with van der Waals surface area (Å²) >= 11 is 0. The smallest absolute Gasteiger partial charge is 0.215 e. The normalized spacial score (nSPS) is 24.3. The van der Waals surface area contributed by atoms with Gasteiger partial charge in [-0.2, -0.15) is 0 Å². The zero-order valence-electron chi connectivity index (χ0n) is 9.15. The molecule has 1 unspecified atom stereocenters. The summed E-state index contributed by atoms with van der Waals surface area (Å²) in [6, 6.07) is 0. The summed E-state index contributed by atoms with van der Waals surface area (Å²) in [5, 5.41) is 11.8. The van der Waals surface area contributed by atoms with Gasteiger partial charge in [-0.25, -0.2) is 12.7 Å². The van der Waals surface area contributed by atoms with Gasteiger partial charge in [-0.1, -0.05) is 0 Å². The van der Waals surface area contributed by atoms with E-state index in [2.05, 4.69) is 5.32 Å². The predicted molar refractivity (Wildman–Crippen MR) is 59.1 cm³/mol. The van der Waals surface area contributed by atoms with Gasteiger partial charge in [0.05, 0.1) is 5.75 Å². The van der Waals surface area contributed by atoms with Crippen molar-refractivity contribution in [1.82, 2.24) is 9.62 Å². The lowest BCUT2D eigenvalue weighted by Gasteiger charge is -2.30. The van der Waals surface area contributed by atoms with Crippen LogP contribution in [0, 0.1) is 5.92 Å². The fourth-order valence-electron chi connectivity index (χ4n) is 1.79. The number of hydrogen-bond acceptors (Lipinski definition) is 4. The van der Waals surface area contributed by atoms with E-state index in [4.69, 9.17) is 5.11 Å². The first-order valence-corrected chi connectivity index (χ1v) is 6.94. The Morgan fingerprint density at radius 2 is 2.27 bits per heavy atom. The van der Waals surface area contributed by atoms with Crippen LogP contribution in [0.3, 0.4) is 0 Å². The van der Waals surface area contributed by atoms with Crippen LogP contribution in [0.2, 0.25) is 0 Å². The lowest BCUT2D eigenvalue weighted by atomic mass is 10.0. The molecule has 0 aromatic rings. The number of piperidine rings is 1. The Morgan fingerprint density at radius 3 is 2.87 bits per heavy atom. The minimum Gasteiger partial charge on any atom is -0.396 e. The standard InChI is InChI=1S/C9H20N2O3S/c1-10-4-6-15(13,14)11-5-2-3-9(7-11)8-12/h9-10,12H,2-8H2,1H3. The minimum atomic E-state index is -3.13. The van der Waals surface area contributed by atoms with Crippen molar-refractivity contribution in [3.63, 3.8) is 0 Å². The first-order valence-electron chi connectivity index (χ1n) is 5.33. The molecular weight excluding hydrogens is 216 g/mol. The number of hydrogen-bond donors (Lipinski definition) is 2. The molecule has 0 radical (unpaired) electrons. The van der Waals surface area contributed by atoms with Crippen molar-refractivity contribution in [2.24, 2.45) is 5.92 Å². The van der Waals surface area contributed by atoms with Crippen molar-refractivity contribution in [3.05, 3.63) is 0 Å². The van der Waals surface area contributed by atoms with Crippen LogP contribution in [-0.4, -0.2) is 56.9 Å². The molecule has 2 N–H and O–H groups in total. The van der Waals surface area contributed by atoms with Crippen molar-refractivity contribution in [2.75, 3.05) is 39.0 Å². The highest BCUT2D eigenvalue weighted by molar-refractivity contribution is 7.89. The third-order valence-corrected chi connectivity index (χ3v) is 4.58. The van der Waals surface area contributed by atoms with Crippen LogP contribution in [0.15, 0.2) is 0 Å². The van der Waals surface area contributed by atoms with E-state index in [-0.39, 0.29) is 18.3 Å². The van der Waals surface area contributed by atoms with Crippen LogP contribution < -0.4 is 5.32 Å². The lowest BCUT2D eigenvalue weighted by Crippen LogP contribution is -2.43. The molecule has 15 heavy (non-hydrogen) atoms. The maximum Gasteiger partial charge on any atom is 0.215 e. The van der Waals surface area contributed by atoms with Crippen LogP contribution in [-0.2, 0) is 10.0 Å². The van der Waals surface area contributed by atoms with E-state index in [1.165, 1.54) is 4.31 Å². The van der Waals surface area contributed by atoms with E-state index in [0.717, 1.165) is 12.8 Å². The van der Waals surface area contributed by atoms with Crippen LogP contribution in [0.1, 0.15) is 12.8 Å². The van der Waals surface area contributed by atoms with Crippen LogP contribution >= 0.6 is 0 Å². The van der Waals surface area contributed by atoms with Crippen molar-refractivity contribution >= 4 is 10.0 Å². The molecule has 0 amide bonds. The molecule has 5 nitrogen and oxygen atoms in total. The first kappa shape index (κ1) is 12.9. The highest BCUT2D eigenvalue weighted by atomic mass is 32.2. The highest BCUT2D eigenvalue weighted by Gasteiger charge is 2.27. The zero-order valence-corrected chi connectivity index (χ0v) is 9.96. The van der Waals surface area contributed by atoms with E-state index < -0.39 is 10.0 Å². The summed E-state index contributed by atoms with van der Waals surface area (Å²) < 4.78 is 25.1. The average molecular weight is 236 g/mol. The summed E-state index contributed by atoms with van der Waals surface area (Å²) in [5.41, 5.74) is 0. The van der Waals surface area contributed by atoms with Crippen LogP contribution in [0.5, 0.6) is 0 Å². The summed E-state index contributed by atoms with van der Waals surface area (Å²) in [6.45, 7) is 1.63. The van der Waals surface area contributed by atoms with E-state index in [0.29, 0.717) is 19.6 Å². The van der Waals surface area contributed by atoms with Gasteiger partial charge in [-0.15, -0.1) is 0 Å². The molecule has 1 heterocycles. The summed E-state index contributed by atoms with van der Waals surface area (Å²) in [4.78, 5) is 0. The fourth-order valence-corrected chi connectivity index (χ4v) is 3.35. The molecule has 0 aliphatic carbocycles. The van der Waals surface area contributed by atoms with Gasteiger partial charge in [-0.3, -0.25) is 0 Å². The topological polar surface area (TPSA) is 69.6 Å². The molecule has 0 aromatic carbocycles. The number of nitrogens with zero attached hydrogens (tertiary/aromatic N) is 1. The second kappa shape index (κ2) is 5.79. The third-order valence-electron chi connectivity index (χ3n) is 2.74. The monoisotopic (exact) mass is 236 g/mol. The van der Waals surface area contributed by atoms with E-state index in [1.807, 2.05) is 0 Å². The fraction of sp³-hybridized carbons (Fsp3) is 1.00. The molecule has 0 bridgehead atoms. The lowest BCUT2D eigenvalue weighted by molar-refractivity contribution is 0.165. The summed E-state index contributed by atoms with van der Waals surface area (Å²) in [7, 11) is -1.39. The molecule has 1 fully saturated rings.